The number of nitrogens with one attached hydrogen (secondary N) is 2. The smallest absolute Gasteiger partial charge is 0.240 e. The number of benzene rings is 2. The van der Waals surface area contributed by atoms with Gasteiger partial charge in [-0.3, -0.25) is 4.79 Å². The van der Waals surface area contributed by atoms with Crippen LogP contribution in [-0.4, -0.2) is 44.9 Å². The Morgan fingerprint density at radius 2 is 1.86 bits per heavy atom. The maximum atomic E-state index is 13.5. The van der Waals surface area contributed by atoms with Crippen molar-refractivity contribution in [2.24, 2.45) is 5.92 Å². The minimum absolute atomic E-state index is 0.0421. The molecule has 1 atom stereocenters. The summed E-state index contributed by atoms with van der Waals surface area (Å²) in [6.45, 7) is 4.35. The van der Waals surface area contributed by atoms with E-state index in [0.29, 0.717) is 37.3 Å². The summed E-state index contributed by atoms with van der Waals surface area (Å²) in [4.78, 5) is 15.7. The molecule has 2 aromatic carbocycles. The van der Waals surface area contributed by atoms with E-state index < -0.39 is 10.0 Å². The summed E-state index contributed by atoms with van der Waals surface area (Å²) in [5, 5.41) is 4.02. The number of carbonyl (C=O) groups excluding carboxylic acids is 1. The minimum atomic E-state index is -3.64. The van der Waals surface area contributed by atoms with Crippen LogP contribution in [0.25, 0.3) is 0 Å². The molecule has 6 nitrogen and oxygen atoms in total. The highest BCUT2D eigenvalue weighted by Gasteiger charge is 2.35. The molecule has 2 aromatic rings. The zero-order valence-corrected chi connectivity index (χ0v) is 22.0. The van der Waals surface area contributed by atoms with Gasteiger partial charge in [0.25, 0.3) is 0 Å². The van der Waals surface area contributed by atoms with Crippen molar-refractivity contribution in [2.75, 3.05) is 19.6 Å². The summed E-state index contributed by atoms with van der Waals surface area (Å²) < 4.78 is 29.0. The standard InChI is InChI=1S/C27H36ClN3O3S/c1-2-3-7-22-18-24(14-15-25(22)28)35(33,34)30-23-12-10-21(11-13-23)27(32)31-17-16-29-19-26(31)20-8-5-4-6-9-20/h4-6,8-9,14-15,18,21,23,26,29-30H,2-3,7,10-13,16-17,19H2,1H3/t21?,23?,26-/m1/s1. The fraction of sp³-hybridized carbons (Fsp3) is 0.519. The van der Waals surface area contributed by atoms with E-state index in [0.717, 1.165) is 43.5 Å². The Kier molecular flexibility index (Phi) is 8.87. The van der Waals surface area contributed by atoms with Gasteiger partial charge >= 0.3 is 0 Å². The first kappa shape index (κ1) is 26.1. The van der Waals surface area contributed by atoms with E-state index >= 15 is 0 Å². The third kappa shape index (κ3) is 6.45. The molecule has 1 aliphatic carbocycles. The van der Waals surface area contributed by atoms with Gasteiger partial charge in [0.05, 0.1) is 10.9 Å². The van der Waals surface area contributed by atoms with Gasteiger partial charge in [-0.05, 0) is 67.9 Å². The number of hydrogen-bond donors (Lipinski definition) is 2. The third-order valence-corrected chi connectivity index (χ3v) is 9.12. The van der Waals surface area contributed by atoms with Crippen LogP contribution in [0.3, 0.4) is 0 Å². The zero-order chi connectivity index (χ0) is 24.8. The summed E-state index contributed by atoms with van der Waals surface area (Å²) >= 11 is 6.28. The molecular formula is C27H36ClN3O3S. The molecule has 8 heteroatoms. The molecule has 2 aliphatic rings. The predicted octanol–water partition coefficient (Wildman–Crippen LogP) is 4.69. The van der Waals surface area contributed by atoms with Gasteiger partial charge in [0.2, 0.25) is 15.9 Å². The van der Waals surface area contributed by atoms with Gasteiger partial charge in [-0.2, -0.15) is 0 Å². The van der Waals surface area contributed by atoms with Crippen molar-refractivity contribution in [3.63, 3.8) is 0 Å². The van der Waals surface area contributed by atoms with Crippen molar-refractivity contribution in [3.8, 4) is 0 Å². The zero-order valence-electron chi connectivity index (χ0n) is 20.4. The molecule has 1 saturated heterocycles. The Labute approximate surface area is 214 Å². The maximum absolute atomic E-state index is 13.5. The van der Waals surface area contributed by atoms with E-state index in [2.05, 4.69) is 29.1 Å². The molecule has 1 saturated carbocycles. The van der Waals surface area contributed by atoms with Gasteiger partial charge in [0.15, 0.2) is 0 Å². The number of piperazine rings is 1. The van der Waals surface area contributed by atoms with Gasteiger partial charge in [-0.15, -0.1) is 0 Å². The number of hydrogen-bond acceptors (Lipinski definition) is 4. The average Bonchev–Trinajstić information content (AvgIpc) is 2.88. The van der Waals surface area contributed by atoms with E-state index in [-0.39, 0.29) is 28.8 Å². The van der Waals surface area contributed by atoms with Crippen molar-refractivity contribution in [3.05, 3.63) is 64.7 Å². The first-order chi connectivity index (χ1) is 16.9. The van der Waals surface area contributed by atoms with Crippen LogP contribution in [0.5, 0.6) is 0 Å². The SMILES string of the molecule is CCCCc1cc(S(=O)(=O)NC2CCC(C(=O)N3CCNC[C@@H]3c3ccccc3)CC2)ccc1Cl. The molecule has 2 fully saturated rings. The maximum Gasteiger partial charge on any atom is 0.240 e. The average molecular weight is 518 g/mol. The van der Waals surface area contributed by atoms with Crippen LogP contribution in [0.15, 0.2) is 53.4 Å². The quantitative estimate of drug-likeness (QED) is 0.532. The first-order valence-electron chi connectivity index (χ1n) is 12.8. The summed E-state index contributed by atoms with van der Waals surface area (Å²) in [6.07, 6.45) is 5.46. The van der Waals surface area contributed by atoms with Crippen LogP contribution in [-0.2, 0) is 21.2 Å². The Morgan fingerprint density at radius 1 is 1.11 bits per heavy atom. The lowest BCUT2D eigenvalue weighted by molar-refractivity contribution is -0.140. The van der Waals surface area contributed by atoms with E-state index in [4.69, 9.17) is 11.6 Å². The van der Waals surface area contributed by atoms with E-state index in [9.17, 15) is 13.2 Å². The van der Waals surface area contributed by atoms with Crippen molar-refractivity contribution in [2.45, 2.75) is 68.8 Å². The number of rotatable bonds is 8. The van der Waals surface area contributed by atoms with Crippen LogP contribution < -0.4 is 10.0 Å². The molecule has 35 heavy (non-hydrogen) atoms. The summed E-state index contributed by atoms with van der Waals surface area (Å²) in [5.74, 6) is 0.135. The van der Waals surface area contributed by atoms with Crippen LogP contribution in [0.2, 0.25) is 5.02 Å². The van der Waals surface area contributed by atoms with Crippen LogP contribution in [0.1, 0.15) is 62.6 Å². The number of halogens is 1. The molecule has 1 aliphatic heterocycles. The van der Waals surface area contributed by atoms with Crippen molar-refractivity contribution in [1.29, 1.82) is 0 Å². The highest BCUT2D eigenvalue weighted by molar-refractivity contribution is 7.89. The van der Waals surface area contributed by atoms with Gasteiger partial charge in [-0.25, -0.2) is 13.1 Å². The number of sulfonamides is 1. The van der Waals surface area contributed by atoms with Crippen LogP contribution in [0.4, 0.5) is 0 Å². The van der Waals surface area contributed by atoms with Gasteiger partial charge in [0.1, 0.15) is 0 Å². The number of aryl methyl sites for hydroxylation is 1. The van der Waals surface area contributed by atoms with Crippen molar-refractivity contribution >= 4 is 27.5 Å². The minimum Gasteiger partial charge on any atom is -0.333 e. The molecule has 4 rings (SSSR count). The molecule has 0 bridgehead atoms. The molecule has 0 unspecified atom stereocenters. The summed E-state index contributed by atoms with van der Waals surface area (Å²) in [7, 11) is -3.64. The van der Waals surface area contributed by atoms with Crippen molar-refractivity contribution < 1.29 is 13.2 Å². The van der Waals surface area contributed by atoms with Crippen molar-refractivity contribution in [1.82, 2.24) is 14.9 Å². The Balaban J connectivity index is 1.36. The highest BCUT2D eigenvalue weighted by atomic mass is 35.5. The lowest BCUT2D eigenvalue weighted by Crippen LogP contribution is -2.51. The molecule has 1 heterocycles. The second-order valence-corrected chi connectivity index (χ2v) is 11.8. The fourth-order valence-electron chi connectivity index (χ4n) is 5.20. The lowest BCUT2D eigenvalue weighted by atomic mass is 9.85. The van der Waals surface area contributed by atoms with Gasteiger partial charge in [-0.1, -0.05) is 55.3 Å². The molecule has 1 amide bonds. The van der Waals surface area contributed by atoms with E-state index in [1.165, 1.54) is 0 Å². The number of carbonyl (C=O) groups is 1. The second-order valence-electron chi connectivity index (χ2n) is 9.69. The Hall–Kier alpha value is -1.93. The monoisotopic (exact) mass is 517 g/mol. The first-order valence-corrected chi connectivity index (χ1v) is 14.6. The lowest BCUT2D eigenvalue weighted by Gasteiger charge is -2.40. The highest BCUT2D eigenvalue weighted by Crippen LogP contribution is 2.31. The molecular weight excluding hydrogens is 482 g/mol. The summed E-state index contributed by atoms with van der Waals surface area (Å²) in [5.41, 5.74) is 2.02. The van der Waals surface area contributed by atoms with Crippen LogP contribution >= 0.6 is 11.6 Å². The predicted molar refractivity (Wildman–Crippen MR) is 140 cm³/mol. The number of unbranched alkanes of at least 4 members (excludes halogenated alkanes) is 1. The molecule has 190 valence electrons. The molecule has 2 N–H and O–H groups in total. The Morgan fingerprint density at radius 3 is 2.57 bits per heavy atom. The normalized spacial score (nSPS) is 23.3. The fourth-order valence-corrected chi connectivity index (χ4v) is 6.77. The Bertz CT molecular complexity index is 1100. The van der Waals surface area contributed by atoms with E-state index in [1.807, 2.05) is 23.1 Å². The van der Waals surface area contributed by atoms with E-state index in [1.54, 1.807) is 18.2 Å². The molecule has 0 spiro atoms. The third-order valence-electron chi connectivity index (χ3n) is 7.24. The number of amides is 1. The van der Waals surface area contributed by atoms with Crippen LogP contribution in [0, 0.1) is 5.92 Å². The van der Waals surface area contributed by atoms with Gasteiger partial charge in [0, 0.05) is 36.6 Å². The summed E-state index contributed by atoms with van der Waals surface area (Å²) in [6, 6.07) is 15.0. The van der Waals surface area contributed by atoms with Gasteiger partial charge < -0.3 is 10.2 Å². The second kappa shape index (κ2) is 11.9. The molecule has 0 aromatic heterocycles. The molecule has 0 radical (unpaired) electrons. The number of nitrogens with zero attached hydrogens (tertiary/aromatic N) is 1. The topological polar surface area (TPSA) is 78.5 Å². The largest absolute Gasteiger partial charge is 0.333 e.